The predicted octanol–water partition coefficient (Wildman–Crippen LogP) is 4.82. The van der Waals surface area contributed by atoms with Gasteiger partial charge >= 0.3 is 0 Å². The molecule has 0 radical (unpaired) electrons. The van der Waals surface area contributed by atoms with Crippen molar-refractivity contribution in [2.24, 2.45) is 0 Å². The maximum absolute atomic E-state index is 14.0. The van der Waals surface area contributed by atoms with E-state index in [4.69, 9.17) is 11.6 Å². The van der Waals surface area contributed by atoms with Crippen molar-refractivity contribution in [1.82, 2.24) is 14.8 Å². The van der Waals surface area contributed by atoms with Gasteiger partial charge in [0.2, 0.25) is 17.7 Å². The molecule has 1 aliphatic carbocycles. The maximum Gasteiger partial charge on any atom is 0.241 e. The van der Waals surface area contributed by atoms with Gasteiger partial charge in [0, 0.05) is 42.8 Å². The number of likely N-dealkylation sites (tertiary alicyclic amines) is 2. The highest BCUT2D eigenvalue weighted by Gasteiger charge is 2.56. The number of pyridine rings is 1. The van der Waals surface area contributed by atoms with Gasteiger partial charge in [-0.15, -0.1) is 0 Å². The van der Waals surface area contributed by atoms with E-state index in [2.05, 4.69) is 4.98 Å². The van der Waals surface area contributed by atoms with E-state index in [9.17, 15) is 14.4 Å². The monoisotopic (exact) mass is 479 g/mol. The van der Waals surface area contributed by atoms with Gasteiger partial charge in [0.1, 0.15) is 0 Å². The van der Waals surface area contributed by atoms with Crippen molar-refractivity contribution < 1.29 is 14.4 Å². The number of rotatable bonds is 5. The van der Waals surface area contributed by atoms with E-state index in [1.54, 1.807) is 24.4 Å². The van der Waals surface area contributed by atoms with Crippen molar-refractivity contribution in [1.29, 1.82) is 0 Å². The predicted molar refractivity (Wildman–Crippen MR) is 129 cm³/mol. The smallest absolute Gasteiger partial charge is 0.241 e. The van der Waals surface area contributed by atoms with Crippen LogP contribution in [-0.2, 0) is 19.8 Å². The fraction of sp³-hybridized carbons (Fsp3) is 0.481. The zero-order valence-electron chi connectivity index (χ0n) is 19.3. The molecule has 6 nitrogen and oxygen atoms in total. The summed E-state index contributed by atoms with van der Waals surface area (Å²) in [6.07, 6.45) is 9.98. The highest BCUT2D eigenvalue weighted by Crippen LogP contribution is 2.46. The second-order valence-electron chi connectivity index (χ2n) is 9.81. The molecule has 2 saturated heterocycles. The van der Waals surface area contributed by atoms with Crippen LogP contribution in [0.2, 0.25) is 5.02 Å². The van der Waals surface area contributed by atoms with Crippen LogP contribution >= 0.6 is 11.6 Å². The number of imide groups is 1. The molecule has 2 atom stereocenters. The van der Waals surface area contributed by atoms with E-state index in [1.165, 1.54) is 4.90 Å². The molecule has 3 aliphatic rings. The topological polar surface area (TPSA) is 70.6 Å². The minimum Gasteiger partial charge on any atom is -0.336 e. The van der Waals surface area contributed by atoms with Gasteiger partial charge in [0.15, 0.2) is 0 Å². The fourth-order valence-electron chi connectivity index (χ4n) is 6.10. The Balaban J connectivity index is 1.50. The lowest BCUT2D eigenvalue weighted by Crippen LogP contribution is -2.47. The van der Waals surface area contributed by atoms with Crippen LogP contribution in [0, 0.1) is 0 Å². The van der Waals surface area contributed by atoms with Crippen molar-refractivity contribution in [2.45, 2.75) is 75.3 Å². The van der Waals surface area contributed by atoms with Crippen molar-refractivity contribution in [3.8, 4) is 0 Å². The zero-order valence-corrected chi connectivity index (χ0v) is 20.0. The lowest BCUT2D eigenvalue weighted by Gasteiger charge is -2.38. The number of carbonyl (C=O) groups excluding carboxylic acids is 3. The molecular formula is C27H30ClN3O3. The van der Waals surface area contributed by atoms with Crippen LogP contribution in [-0.4, -0.2) is 45.1 Å². The Morgan fingerprint density at radius 1 is 1.03 bits per heavy atom. The summed E-state index contributed by atoms with van der Waals surface area (Å²) < 4.78 is 0. The third-order valence-corrected chi connectivity index (χ3v) is 8.10. The molecule has 2 aliphatic heterocycles. The molecule has 3 fully saturated rings. The number of hydrogen-bond donors (Lipinski definition) is 0. The van der Waals surface area contributed by atoms with Crippen molar-refractivity contribution in [2.75, 3.05) is 6.54 Å². The average Bonchev–Trinajstić information content (AvgIpc) is 3.46. The number of amides is 3. The molecule has 1 saturated carbocycles. The lowest BCUT2D eigenvalue weighted by atomic mass is 9.75. The molecule has 7 heteroatoms. The van der Waals surface area contributed by atoms with Crippen LogP contribution in [0.15, 0.2) is 48.8 Å². The standard InChI is InChI=1S/C27H30ClN3O3/c28-22-12-4-3-11-21(22)27(17-25(33)31(26(27)34)20-9-1-2-10-20)16-24(32)30-15-6-5-13-23(30)19-8-7-14-29-18-19/h3-4,7-8,11-12,14,18,20,23H,1-2,5-6,9-10,13,15-17H2/t23-,27-/m0/s1. The minimum absolute atomic E-state index is 0.0107. The average molecular weight is 480 g/mol. The maximum atomic E-state index is 14.0. The molecule has 3 amide bonds. The quantitative estimate of drug-likeness (QED) is 0.576. The van der Waals surface area contributed by atoms with E-state index >= 15 is 0 Å². The van der Waals surface area contributed by atoms with Crippen LogP contribution in [0.1, 0.15) is 75.0 Å². The molecule has 3 heterocycles. The highest BCUT2D eigenvalue weighted by atomic mass is 35.5. The summed E-state index contributed by atoms with van der Waals surface area (Å²) in [4.78, 5) is 48.7. The van der Waals surface area contributed by atoms with Gasteiger partial charge in [-0.1, -0.05) is 48.7 Å². The van der Waals surface area contributed by atoms with Crippen LogP contribution in [0.5, 0.6) is 0 Å². The van der Waals surface area contributed by atoms with Crippen molar-refractivity contribution in [3.05, 3.63) is 64.9 Å². The molecule has 5 rings (SSSR count). The summed E-state index contributed by atoms with van der Waals surface area (Å²) in [6, 6.07) is 10.9. The molecule has 0 unspecified atom stereocenters. The van der Waals surface area contributed by atoms with E-state index < -0.39 is 5.41 Å². The lowest BCUT2D eigenvalue weighted by molar-refractivity contribution is -0.145. The summed E-state index contributed by atoms with van der Waals surface area (Å²) in [5, 5.41) is 0.423. The van der Waals surface area contributed by atoms with Gasteiger partial charge < -0.3 is 4.90 Å². The van der Waals surface area contributed by atoms with E-state index in [-0.39, 0.29) is 42.6 Å². The summed E-state index contributed by atoms with van der Waals surface area (Å²) in [7, 11) is 0. The number of halogens is 1. The molecule has 0 bridgehead atoms. The molecule has 1 aromatic carbocycles. The van der Waals surface area contributed by atoms with Crippen LogP contribution in [0.3, 0.4) is 0 Å². The number of piperidine rings is 1. The minimum atomic E-state index is -1.26. The number of benzene rings is 1. The zero-order chi connectivity index (χ0) is 23.7. The fourth-order valence-corrected chi connectivity index (χ4v) is 6.41. The summed E-state index contributed by atoms with van der Waals surface area (Å²) in [5.41, 5.74) is 0.328. The van der Waals surface area contributed by atoms with E-state index in [0.29, 0.717) is 17.1 Å². The molecule has 0 N–H and O–H groups in total. The Morgan fingerprint density at radius 3 is 2.53 bits per heavy atom. The third kappa shape index (κ3) is 4.02. The molecule has 1 aromatic heterocycles. The largest absolute Gasteiger partial charge is 0.336 e. The molecule has 178 valence electrons. The SMILES string of the molecule is O=C1C[C@@](CC(=O)N2CCCC[C@H]2c2cccnc2)(c2ccccc2Cl)C(=O)N1C1CCCC1. The Hall–Kier alpha value is -2.73. The normalized spacial score (nSPS) is 25.9. The second kappa shape index (κ2) is 9.49. The third-order valence-electron chi connectivity index (χ3n) is 7.77. The number of carbonyl (C=O) groups is 3. The Morgan fingerprint density at radius 2 is 1.79 bits per heavy atom. The van der Waals surface area contributed by atoms with E-state index in [1.807, 2.05) is 29.3 Å². The Bertz CT molecular complexity index is 1090. The first-order valence-electron chi connectivity index (χ1n) is 12.3. The van der Waals surface area contributed by atoms with Crippen LogP contribution in [0.25, 0.3) is 0 Å². The van der Waals surface area contributed by atoms with Gasteiger partial charge in [-0.25, -0.2) is 0 Å². The summed E-state index contributed by atoms with van der Waals surface area (Å²) >= 11 is 6.59. The summed E-state index contributed by atoms with van der Waals surface area (Å²) in [6.45, 7) is 0.630. The first-order chi connectivity index (χ1) is 16.5. The van der Waals surface area contributed by atoms with E-state index in [0.717, 1.165) is 50.5 Å². The number of aromatic nitrogens is 1. The van der Waals surface area contributed by atoms with Gasteiger partial charge in [0.05, 0.1) is 11.5 Å². The Kier molecular flexibility index (Phi) is 6.43. The van der Waals surface area contributed by atoms with Crippen molar-refractivity contribution >= 4 is 29.3 Å². The van der Waals surface area contributed by atoms with Gasteiger partial charge in [0.25, 0.3) is 0 Å². The van der Waals surface area contributed by atoms with Gasteiger partial charge in [-0.3, -0.25) is 24.3 Å². The number of hydrogen-bond acceptors (Lipinski definition) is 4. The van der Waals surface area contributed by atoms with Crippen LogP contribution < -0.4 is 0 Å². The number of nitrogens with zero attached hydrogens (tertiary/aromatic N) is 3. The molecular weight excluding hydrogens is 450 g/mol. The first kappa shape index (κ1) is 23.0. The summed E-state index contributed by atoms with van der Waals surface area (Å²) in [5.74, 6) is -0.559. The molecule has 34 heavy (non-hydrogen) atoms. The molecule has 2 aromatic rings. The highest BCUT2D eigenvalue weighted by molar-refractivity contribution is 6.32. The Labute approximate surface area is 205 Å². The second-order valence-corrected chi connectivity index (χ2v) is 10.2. The van der Waals surface area contributed by atoms with Gasteiger partial charge in [-0.2, -0.15) is 0 Å². The van der Waals surface area contributed by atoms with Gasteiger partial charge in [-0.05, 0) is 55.4 Å². The first-order valence-corrected chi connectivity index (χ1v) is 12.7. The van der Waals surface area contributed by atoms with Crippen molar-refractivity contribution in [3.63, 3.8) is 0 Å². The molecule has 0 spiro atoms. The van der Waals surface area contributed by atoms with Crippen LogP contribution in [0.4, 0.5) is 0 Å².